The van der Waals surface area contributed by atoms with Crippen LogP contribution >= 0.6 is 11.3 Å². The molecule has 0 saturated heterocycles. The monoisotopic (exact) mass is 352 g/mol. The highest BCUT2D eigenvalue weighted by molar-refractivity contribution is 7.15. The van der Waals surface area contributed by atoms with Gasteiger partial charge in [0.1, 0.15) is 5.75 Å². The Morgan fingerprint density at radius 1 is 1.12 bits per heavy atom. The van der Waals surface area contributed by atoms with Crippen LogP contribution < -0.4 is 10.1 Å². The number of rotatable bonds is 6. The summed E-state index contributed by atoms with van der Waals surface area (Å²) in [5, 5.41) is 3.46. The van der Waals surface area contributed by atoms with Crippen LogP contribution in [0.25, 0.3) is 0 Å². The van der Waals surface area contributed by atoms with Crippen LogP contribution in [-0.2, 0) is 6.42 Å². The Morgan fingerprint density at radius 2 is 1.84 bits per heavy atom. The molecule has 3 aromatic rings. The van der Waals surface area contributed by atoms with Crippen LogP contribution in [0.3, 0.4) is 0 Å². The van der Waals surface area contributed by atoms with Crippen molar-refractivity contribution in [2.24, 2.45) is 0 Å². The van der Waals surface area contributed by atoms with Crippen LogP contribution in [0, 0.1) is 0 Å². The normalized spacial score (nSPS) is 10.7. The van der Waals surface area contributed by atoms with Crippen LogP contribution in [0.4, 0.5) is 5.13 Å². The number of thiazole rings is 1. The lowest BCUT2D eigenvalue weighted by molar-refractivity contribution is 0.102. The second-order valence-electron chi connectivity index (χ2n) is 5.94. The molecule has 0 aliphatic rings. The number of carbonyl (C=O) groups excluding carboxylic acids is 1. The number of aromatic nitrogens is 1. The minimum Gasteiger partial charge on any atom is -0.491 e. The molecule has 0 saturated carbocycles. The number of nitrogens with zero attached hydrogens (tertiary/aromatic N) is 1. The lowest BCUT2D eigenvalue weighted by Gasteiger charge is -2.09. The maximum absolute atomic E-state index is 12.3. The van der Waals surface area contributed by atoms with Gasteiger partial charge in [-0.25, -0.2) is 4.98 Å². The molecule has 0 atom stereocenters. The molecule has 128 valence electrons. The highest BCUT2D eigenvalue weighted by atomic mass is 32.1. The molecular formula is C20H20N2O2S. The minimum atomic E-state index is -0.170. The van der Waals surface area contributed by atoms with Crippen molar-refractivity contribution in [3.63, 3.8) is 0 Å². The first-order valence-corrected chi connectivity index (χ1v) is 8.98. The van der Waals surface area contributed by atoms with E-state index in [0.29, 0.717) is 10.7 Å². The maximum Gasteiger partial charge on any atom is 0.257 e. The predicted molar refractivity (Wildman–Crippen MR) is 102 cm³/mol. The van der Waals surface area contributed by atoms with Crippen molar-refractivity contribution in [2.45, 2.75) is 26.4 Å². The van der Waals surface area contributed by atoms with Gasteiger partial charge in [-0.05, 0) is 43.7 Å². The van der Waals surface area contributed by atoms with Gasteiger partial charge in [0, 0.05) is 23.1 Å². The predicted octanol–water partition coefficient (Wildman–Crippen LogP) is 4.77. The fraction of sp³-hybridized carbons (Fsp3) is 0.200. The molecule has 0 fully saturated rings. The van der Waals surface area contributed by atoms with Crippen LogP contribution in [0.1, 0.15) is 34.6 Å². The molecule has 0 aliphatic heterocycles. The number of benzene rings is 2. The first-order chi connectivity index (χ1) is 12.1. The van der Waals surface area contributed by atoms with Gasteiger partial charge >= 0.3 is 0 Å². The molecule has 4 nitrogen and oxygen atoms in total. The van der Waals surface area contributed by atoms with Gasteiger partial charge in [0.05, 0.1) is 6.10 Å². The topological polar surface area (TPSA) is 51.2 Å². The van der Waals surface area contributed by atoms with Gasteiger partial charge in [0.25, 0.3) is 5.91 Å². The van der Waals surface area contributed by atoms with Crippen molar-refractivity contribution in [2.75, 3.05) is 5.32 Å². The second-order valence-corrected chi connectivity index (χ2v) is 7.05. The lowest BCUT2D eigenvalue weighted by atomic mass is 10.1. The highest BCUT2D eigenvalue weighted by Gasteiger charge is 2.10. The van der Waals surface area contributed by atoms with Crippen molar-refractivity contribution in [3.05, 3.63) is 76.8 Å². The SMILES string of the molecule is CC(C)Oc1ccc(C(=O)Nc2ncc(Cc3ccccc3)s2)cc1. The summed E-state index contributed by atoms with van der Waals surface area (Å²) in [6.45, 7) is 3.94. The minimum absolute atomic E-state index is 0.109. The van der Waals surface area contributed by atoms with E-state index in [9.17, 15) is 4.79 Å². The fourth-order valence-corrected chi connectivity index (χ4v) is 3.21. The molecule has 0 radical (unpaired) electrons. The molecule has 1 amide bonds. The van der Waals surface area contributed by atoms with Crippen molar-refractivity contribution >= 4 is 22.4 Å². The van der Waals surface area contributed by atoms with Crippen LogP contribution in [-0.4, -0.2) is 17.0 Å². The Balaban J connectivity index is 1.61. The lowest BCUT2D eigenvalue weighted by Crippen LogP contribution is -2.11. The smallest absolute Gasteiger partial charge is 0.257 e. The molecule has 0 spiro atoms. The molecule has 2 aromatic carbocycles. The Bertz CT molecular complexity index is 826. The zero-order valence-electron chi connectivity index (χ0n) is 14.2. The van der Waals surface area contributed by atoms with E-state index in [-0.39, 0.29) is 12.0 Å². The number of nitrogens with one attached hydrogen (secondary N) is 1. The number of ether oxygens (including phenoxy) is 1. The van der Waals surface area contributed by atoms with Gasteiger partial charge in [-0.3, -0.25) is 10.1 Å². The van der Waals surface area contributed by atoms with Gasteiger partial charge in [0.15, 0.2) is 5.13 Å². The first-order valence-electron chi connectivity index (χ1n) is 8.17. The van der Waals surface area contributed by atoms with Gasteiger partial charge in [-0.1, -0.05) is 30.3 Å². The van der Waals surface area contributed by atoms with Crippen LogP contribution in [0.15, 0.2) is 60.8 Å². The summed E-state index contributed by atoms with van der Waals surface area (Å²) in [6.07, 6.45) is 2.74. The summed E-state index contributed by atoms with van der Waals surface area (Å²) < 4.78 is 5.59. The summed E-state index contributed by atoms with van der Waals surface area (Å²) in [6, 6.07) is 17.3. The van der Waals surface area contributed by atoms with E-state index in [1.54, 1.807) is 24.3 Å². The van der Waals surface area contributed by atoms with E-state index < -0.39 is 0 Å². The number of hydrogen-bond donors (Lipinski definition) is 1. The van der Waals surface area contributed by atoms with E-state index in [1.807, 2.05) is 38.2 Å². The van der Waals surface area contributed by atoms with E-state index in [4.69, 9.17) is 4.74 Å². The van der Waals surface area contributed by atoms with Crippen molar-refractivity contribution in [1.29, 1.82) is 0 Å². The third-order valence-corrected chi connectivity index (χ3v) is 4.40. The zero-order valence-corrected chi connectivity index (χ0v) is 15.0. The molecule has 0 unspecified atom stereocenters. The molecule has 0 aliphatic carbocycles. The van der Waals surface area contributed by atoms with Gasteiger partial charge in [0.2, 0.25) is 0 Å². The van der Waals surface area contributed by atoms with Crippen molar-refractivity contribution < 1.29 is 9.53 Å². The van der Waals surface area contributed by atoms with Crippen molar-refractivity contribution in [1.82, 2.24) is 4.98 Å². The molecule has 1 N–H and O–H groups in total. The average molecular weight is 352 g/mol. The molecule has 5 heteroatoms. The van der Waals surface area contributed by atoms with E-state index >= 15 is 0 Å². The van der Waals surface area contributed by atoms with E-state index in [1.165, 1.54) is 16.9 Å². The van der Waals surface area contributed by atoms with Gasteiger partial charge in [-0.2, -0.15) is 0 Å². The zero-order chi connectivity index (χ0) is 17.6. The number of carbonyl (C=O) groups is 1. The second kappa shape index (κ2) is 7.94. The Kier molecular flexibility index (Phi) is 5.46. The third kappa shape index (κ3) is 4.90. The van der Waals surface area contributed by atoms with Crippen molar-refractivity contribution in [3.8, 4) is 5.75 Å². The van der Waals surface area contributed by atoms with E-state index in [2.05, 4.69) is 22.4 Å². The summed E-state index contributed by atoms with van der Waals surface area (Å²) in [5.41, 5.74) is 1.81. The molecule has 25 heavy (non-hydrogen) atoms. The van der Waals surface area contributed by atoms with Crippen LogP contribution in [0.2, 0.25) is 0 Å². The molecule has 0 bridgehead atoms. The summed E-state index contributed by atoms with van der Waals surface area (Å²) in [5.74, 6) is 0.586. The number of hydrogen-bond acceptors (Lipinski definition) is 4. The molecular weight excluding hydrogens is 332 g/mol. The summed E-state index contributed by atoms with van der Waals surface area (Å²) in [4.78, 5) is 17.7. The van der Waals surface area contributed by atoms with Crippen LogP contribution in [0.5, 0.6) is 5.75 Å². The number of anilines is 1. The molecule has 1 aromatic heterocycles. The van der Waals surface area contributed by atoms with Gasteiger partial charge in [-0.15, -0.1) is 11.3 Å². The number of amides is 1. The quantitative estimate of drug-likeness (QED) is 0.695. The first kappa shape index (κ1) is 17.2. The summed E-state index contributed by atoms with van der Waals surface area (Å²) >= 11 is 1.49. The average Bonchev–Trinajstić information content (AvgIpc) is 3.02. The van der Waals surface area contributed by atoms with E-state index in [0.717, 1.165) is 17.0 Å². The molecule has 3 rings (SSSR count). The van der Waals surface area contributed by atoms with Gasteiger partial charge < -0.3 is 4.74 Å². The largest absolute Gasteiger partial charge is 0.491 e. The fourth-order valence-electron chi connectivity index (χ4n) is 2.37. The standard InChI is InChI=1S/C20H20N2O2S/c1-14(2)24-17-10-8-16(9-11-17)19(23)22-20-21-13-18(25-20)12-15-6-4-3-5-7-15/h3-11,13-14H,12H2,1-2H3,(H,21,22,23). The molecule has 1 heterocycles. The Hall–Kier alpha value is -2.66. The summed E-state index contributed by atoms with van der Waals surface area (Å²) in [7, 11) is 0. The Morgan fingerprint density at radius 3 is 2.52 bits per heavy atom. The highest BCUT2D eigenvalue weighted by Crippen LogP contribution is 2.22. The Labute approximate surface area is 151 Å². The maximum atomic E-state index is 12.3. The third-order valence-electron chi connectivity index (χ3n) is 3.48.